The number of ether oxygens (including phenoxy) is 1. The van der Waals surface area contributed by atoms with Gasteiger partial charge in [-0.2, -0.15) is 0 Å². The summed E-state index contributed by atoms with van der Waals surface area (Å²) in [6, 6.07) is 4.73. The summed E-state index contributed by atoms with van der Waals surface area (Å²) in [6.45, 7) is 8.01. The number of hydrogen-bond acceptors (Lipinski definition) is 5. The minimum atomic E-state index is -0.449. The summed E-state index contributed by atoms with van der Waals surface area (Å²) in [6.07, 6.45) is -0.128. The number of nitro benzene ring substituents is 1. The lowest BCUT2D eigenvalue weighted by Crippen LogP contribution is -2.39. The Morgan fingerprint density at radius 2 is 2.11 bits per heavy atom. The van der Waals surface area contributed by atoms with Crippen molar-refractivity contribution in [2.75, 3.05) is 11.9 Å². The quantitative estimate of drug-likeness (QED) is 0.610. The van der Waals surface area contributed by atoms with Gasteiger partial charge in [0.15, 0.2) is 5.75 Å². The van der Waals surface area contributed by atoms with E-state index < -0.39 is 4.92 Å². The van der Waals surface area contributed by atoms with Crippen LogP contribution in [0.3, 0.4) is 0 Å². The second-order valence-electron chi connectivity index (χ2n) is 5.32. The Morgan fingerprint density at radius 1 is 1.47 bits per heavy atom. The van der Waals surface area contributed by atoms with Gasteiger partial charge in [0.1, 0.15) is 0 Å². The van der Waals surface area contributed by atoms with Crippen LogP contribution in [0.15, 0.2) is 18.2 Å². The van der Waals surface area contributed by atoms with Crippen molar-refractivity contribution < 1.29 is 9.66 Å². The van der Waals surface area contributed by atoms with Gasteiger partial charge in [-0.25, -0.2) is 0 Å². The molecule has 0 aromatic heterocycles. The van der Waals surface area contributed by atoms with Crippen molar-refractivity contribution in [2.45, 2.75) is 39.3 Å². The van der Waals surface area contributed by atoms with E-state index in [0.29, 0.717) is 6.54 Å². The average Bonchev–Trinajstić information content (AvgIpc) is 2.27. The lowest BCUT2D eigenvalue weighted by molar-refractivity contribution is -0.386. The Morgan fingerprint density at radius 3 is 2.58 bits per heavy atom. The van der Waals surface area contributed by atoms with Crippen LogP contribution in [0, 0.1) is 10.1 Å². The summed E-state index contributed by atoms with van der Waals surface area (Å²) >= 11 is 0. The fourth-order valence-corrected chi connectivity index (χ4v) is 1.53. The maximum absolute atomic E-state index is 10.9. The predicted molar refractivity (Wildman–Crippen MR) is 75.6 cm³/mol. The highest BCUT2D eigenvalue weighted by molar-refractivity contribution is 5.58. The lowest BCUT2D eigenvalue weighted by atomic mass is 10.1. The first-order valence-electron chi connectivity index (χ1n) is 6.18. The molecule has 6 nitrogen and oxygen atoms in total. The number of rotatable bonds is 6. The molecule has 0 saturated heterocycles. The standard InChI is InChI=1S/C13H21N3O3/c1-9(2)19-12-7-10(15-13(3,4)8-14)5-6-11(12)16(17)18/h5-7,9,15H,8,14H2,1-4H3. The second kappa shape index (κ2) is 5.88. The summed E-state index contributed by atoms with van der Waals surface area (Å²) in [7, 11) is 0. The van der Waals surface area contributed by atoms with E-state index in [0.717, 1.165) is 5.69 Å². The average molecular weight is 267 g/mol. The number of nitrogens with one attached hydrogen (secondary N) is 1. The van der Waals surface area contributed by atoms with Gasteiger partial charge in [-0.1, -0.05) is 0 Å². The van der Waals surface area contributed by atoms with E-state index in [1.54, 1.807) is 12.1 Å². The maximum atomic E-state index is 10.9. The first kappa shape index (κ1) is 15.2. The molecule has 1 aromatic carbocycles. The molecule has 0 fully saturated rings. The molecule has 0 bridgehead atoms. The van der Waals surface area contributed by atoms with E-state index in [4.69, 9.17) is 10.5 Å². The molecule has 0 aliphatic carbocycles. The molecule has 106 valence electrons. The van der Waals surface area contributed by atoms with Crippen LogP contribution in [-0.2, 0) is 0 Å². The molecule has 0 aliphatic heterocycles. The minimum Gasteiger partial charge on any atom is -0.484 e. The van der Waals surface area contributed by atoms with E-state index >= 15 is 0 Å². The Hall–Kier alpha value is -1.82. The third-order valence-electron chi connectivity index (χ3n) is 2.51. The Kier molecular flexibility index (Phi) is 4.72. The van der Waals surface area contributed by atoms with Gasteiger partial charge < -0.3 is 15.8 Å². The SMILES string of the molecule is CC(C)Oc1cc(NC(C)(C)CN)ccc1[N+](=O)[O-]. The van der Waals surface area contributed by atoms with Gasteiger partial charge in [-0.15, -0.1) is 0 Å². The van der Waals surface area contributed by atoms with Gasteiger partial charge in [0.05, 0.1) is 11.0 Å². The van der Waals surface area contributed by atoms with E-state index in [9.17, 15) is 10.1 Å². The van der Waals surface area contributed by atoms with Crippen molar-refractivity contribution in [1.29, 1.82) is 0 Å². The van der Waals surface area contributed by atoms with Crippen LogP contribution in [0.25, 0.3) is 0 Å². The first-order chi connectivity index (χ1) is 8.75. The summed E-state index contributed by atoms with van der Waals surface area (Å²) < 4.78 is 5.48. The summed E-state index contributed by atoms with van der Waals surface area (Å²) in [5.41, 5.74) is 6.07. The highest BCUT2D eigenvalue weighted by Crippen LogP contribution is 2.31. The Bertz CT molecular complexity index is 458. The number of hydrogen-bond donors (Lipinski definition) is 2. The molecule has 19 heavy (non-hydrogen) atoms. The summed E-state index contributed by atoms with van der Waals surface area (Å²) in [5, 5.41) is 14.2. The number of anilines is 1. The molecule has 1 aromatic rings. The topological polar surface area (TPSA) is 90.4 Å². The van der Waals surface area contributed by atoms with Gasteiger partial charge >= 0.3 is 5.69 Å². The molecule has 0 amide bonds. The monoisotopic (exact) mass is 267 g/mol. The molecule has 0 saturated carbocycles. The molecule has 0 radical (unpaired) electrons. The molecule has 6 heteroatoms. The first-order valence-corrected chi connectivity index (χ1v) is 6.18. The number of nitro groups is 1. The molecule has 0 spiro atoms. The Balaban J connectivity index is 3.07. The molecule has 0 aliphatic rings. The fourth-order valence-electron chi connectivity index (χ4n) is 1.53. The summed E-state index contributed by atoms with van der Waals surface area (Å²) in [5.74, 6) is 0.262. The molecule has 0 atom stereocenters. The number of nitrogens with zero attached hydrogens (tertiary/aromatic N) is 1. The van der Waals surface area contributed by atoms with Crippen molar-refractivity contribution in [3.05, 3.63) is 28.3 Å². The zero-order valence-corrected chi connectivity index (χ0v) is 11.8. The van der Waals surface area contributed by atoms with E-state index in [1.165, 1.54) is 6.07 Å². The van der Waals surface area contributed by atoms with E-state index in [-0.39, 0.29) is 23.1 Å². The minimum absolute atomic E-state index is 0.0372. The van der Waals surface area contributed by atoms with Crippen molar-refractivity contribution >= 4 is 11.4 Å². The van der Waals surface area contributed by atoms with E-state index in [2.05, 4.69) is 5.32 Å². The van der Waals surface area contributed by atoms with Crippen molar-refractivity contribution in [3.63, 3.8) is 0 Å². The van der Waals surface area contributed by atoms with Crippen LogP contribution >= 0.6 is 0 Å². The summed E-state index contributed by atoms with van der Waals surface area (Å²) in [4.78, 5) is 10.5. The Labute approximate surface area is 113 Å². The largest absolute Gasteiger partial charge is 0.484 e. The smallest absolute Gasteiger partial charge is 0.311 e. The van der Waals surface area contributed by atoms with Gasteiger partial charge in [0, 0.05) is 29.9 Å². The molecule has 0 unspecified atom stereocenters. The predicted octanol–water partition coefficient (Wildman–Crippen LogP) is 2.53. The highest BCUT2D eigenvalue weighted by atomic mass is 16.6. The number of benzene rings is 1. The van der Waals surface area contributed by atoms with Gasteiger partial charge in [-0.05, 0) is 33.8 Å². The molecular formula is C13H21N3O3. The van der Waals surface area contributed by atoms with Crippen LogP contribution in [0.1, 0.15) is 27.7 Å². The fraction of sp³-hybridized carbons (Fsp3) is 0.538. The lowest BCUT2D eigenvalue weighted by Gasteiger charge is -2.26. The normalized spacial score (nSPS) is 11.5. The van der Waals surface area contributed by atoms with Gasteiger partial charge in [0.25, 0.3) is 0 Å². The third kappa shape index (κ3) is 4.40. The highest BCUT2D eigenvalue weighted by Gasteiger charge is 2.20. The van der Waals surface area contributed by atoms with E-state index in [1.807, 2.05) is 27.7 Å². The molecule has 1 rings (SSSR count). The van der Waals surface area contributed by atoms with Crippen LogP contribution < -0.4 is 15.8 Å². The molecular weight excluding hydrogens is 246 g/mol. The van der Waals surface area contributed by atoms with Gasteiger partial charge in [-0.3, -0.25) is 10.1 Å². The third-order valence-corrected chi connectivity index (χ3v) is 2.51. The van der Waals surface area contributed by atoms with Crippen LogP contribution in [-0.4, -0.2) is 23.1 Å². The van der Waals surface area contributed by atoms with Crippen LogP contribution in [0.4, 0.5) is 11.4 Å². The van der Waals surface area contributed by atoms with Crippen molar-refractivity contribution in [2.24, 2.45) is 5.73 Å². The number of nitrogens with two attached hydrogens (primary N) is 1. The van der Waals surface area contributed by atoms with Gasteiger partial charge in [0.2, 0.25) is 0 Å². The zero-order valence-electron chi connectivity index (χ0n) is 11.8. The molecule has 3 N–H and O–H groups in total. The maximum Gasteiger partial charge on any atom is 0.311 e. The van der Waals surface area contributed by atoms with Crippen molar-refractivity contribution in [1.82, 2.24) is 0 Å². The van der Waals surface area contributed by atoms with Crippen LogP contribution in [0.2, 0.25) is 0 Å². The zero-order chi connectivity index (χ0) is 14.6. The van der Waals surface area contributed by atoms with Crippen LogP contribution in [0.5, 0.6) is 5.75 Å². The second-order valence-corrected chi connectivity index (χ2v) is 5.32. The molecule has 0 heterocycles. The van der Waals surface area contributed by atoms with Crippen molar-refractivity contribution in [3.8, 4) is 5.75 Å².